The van der Waals surface area contributed by atoms with Gasteiger partial charge in [0, 0.05) is 0 Å². The monoisotopic (exact) mass is 248 g/mol. The van der Waals surface area contributed by atoms with Crippen molar-refractivity contribution in [3.8, 4) is 0 Å². The Kier molecular flexibility index (Phi) is 3.44. The summed E-state index contributed by atoms with van der Waals surface area (Å²) >= 11 is 5.75. The zero-order chi connectivity index (χ0) is 12.3. The molecule has 1 heterocycles. The maximum absolute atomic E-state index is 5.81. The molecule has 0 spiro atoms. The van der Waals surface area contributed by atoms with E-state index in [1.165, 1.54) is 5.56 Å². The van der Waals surface area contributed by atoms with Gasteiger partial charge < -0.3 is 11.5 Å². The predicted molar refractivity (Wildman–Crippen MR) is 69.7 cm³/mol. The molecule has 0 saturated heterocycles. The van der Waals surface area contributed by atoms with Gasteiger partial charge in [-0.2, -0.15) is 4.98 Å². The van der Waals surface area contributed by atoms with Crippen molar-refractivity contribution >= 4 is 23.1 Å². The summed E-state index contributed by atoms with van der Waals surface area (Å²) in [6.07, 6.45) is 1.54. The molecule has 0 saturated carbocycles. The highest BCUT2D eigenvalue weighted by atomic mass is 35.5. The topological polar surface area (TPSA) is 77.8 Å². The molecule has 2 rings (SSSR count). The summed E-state index contributed by atoms with van der Waals surface area (Å²) in [4.78, 5) is 7.89. The highest BCUT2D eigenvalue weighted by molar-refractivity contribution is 6.28. The van der Waals surface area contributed by atoms with E-state index < -0.39 is 0 Å². The number of nitrogens with two attached hydrogens (primary N) is 2. The SMILES string of the molecule is Nc1nc(Cl)nc(CCc2ccccc2)c1N. The predicted octanol–water partition coefficient (Wildman–Crippen LogP) is 2.08. The van der Waals surface area contributed by atoms with Crippen molar-refractivity contribution in [2.75, 3.05) is 11.5 Å². The fourth-order valence-corrected chi connectivity index (χ4v) is 1.80. The number of nitrogens with zero attached hydrogens (tertiary/aromatic N) is 2. The lowest BCUT2D eigenvalue weighted by Gasteiger charge is -2.07. The minimum atomic E-state index is 0.139. The number of aryl methyl sites for hydroxylation is 2. The summed E-state index contributed by atoms with van der Waals surface area (Å²) in [5, 5.41) is 0.139. The van der Waals surface area contributed by atoms with Crippen molar-refractivity contribution < 1.29 is 0 Å². The van der Waals surface area contributed by atoms with E-state index in [0.29, 0.717) is 17.8 Å². The van der Waals surface area contributed by atoms with Gasteiger partial charge in [0.15, 0.2) is 5.82 Å². The molecular formula is C12H13ClN4. The Balaban J connectivity index is 2.14. The molecule has 4 nitrogen and oxygen atoms in total. The minimum absolute atomic E-state index is 0.139. The number of hydrogen-bond donors (Lipinski definition) is 2. The number of benzene rings is 1. The Bertz CT molecular complexity index is 513. The van der Waals surface area contributed by atoms with E-state index >= 15 is 0 Å². The molecule has 88 valence electrons. The van der Waals surface area contributed by atoms with Crippen LogP contribution in [0.5, 0.6) is 0 Å². The van der Waals surface area contributed by atoms with Gasteiger partial charge in [0.1, 0.15) is 0 Å². The molecule has 1 aromatic heterocycles. The number of nitrogen functional groups attached to an aromatic ring is 2. The summed E-state index contributed by atoms with van der Waals surface area (Å²) in [6.45, 7) is 0. The van der Waals surface area contributed by atoms with E-state index in [4.69, 9.17) is 23.1 Å². The minimum Gasteiger partial charge on any atom is -0.394 e. The van der Waals surface area contributed by atoms with Crippen LogP contribution in [0.25, 0.3) is 0 Å². The summed E-state index contributed by atoms with van der Waals surface area (Å²) in [6, 6.07) is 10.1. The molecule has 0 aliphatic heterocycles. The molecule has 0 fully saturated rings. The molecule has 1 aromatic carbocycles. The van der Waals surface area contributed by atoms with E-state index in [0.717, 1.165) is 6.42 Å². The van der Waals surface area contributed by atoms with Crippen LogP contribution in [0.4, 0.5) is 11.5 Å². The second-order valence-electron chi connectivity index (χ2n) is 3.72. The molecule has 0 unspecified atom stereocenters. The van der Waals surface area contributed by atoms with Gasteiger partial charge >= 0.3 is 0 Å². The standard InChI is InChI=1S/C12H13ClN4/c13-12-16-9(10(14)11(15)17-12)7-6-8-4-2-1-3-5-8/h1-5H,6-7,14H2,(H2,15,16,17). The van der Waals surface area contributed by atoms with Crippen molar-refractivity contribution in [3.63, 3.8) is 0 Å². The van der Waals surface area contributed by atoms with Crippen LogP contribution in [-0.4, -0.2) is 9.97 Å². The molecule has 0 atom stereocenters. The summed E-state index contributed by atoms with van der Waals surface area (Å²) < 4.78 is 0. The molecule has 5 heteroatoms. The van der Waals surface area contributed by atoms with Crippen molar-refractivity contribution in [2.24, 2.45) is 0 Å². The van der Waals surface area contributed by atoms with Crippen molar-refractivity contribution in [1.82, 2.24) is 9.97 Å². The van der Waals surface area contributed by atoms with Crippen LogP contribution in [0.2, 0.25) is 5.28 Å². The second kappa shape index (κ2) is 5.01. The number of anilines is 2. The van der Waals surface area contributed by atoms with Gasteiger partial charge in [-0.1, -0.05) is 30.3 Å². The largest absolute Gasteiger partial charge is 0.394 e. The smallest absolute Gasteiger partial charge is 0.224 e. The van der Waals surface area contributed by atoms with Crippen LogP contribution in [0.15, 0.2) is 30.3 Å². The normalized spacial score (nSPS) is 10.4. The Hall–Kier alpha value is -1.81. The van der Waals surface area contributed by atoms with Gasteiger partial charge in [0.25, 0.3) is 0 Å². The molecule has 2 aromatic rings. The fraction of sp³-hybridized carbons (Fsp3) is 0.167. The van der Waals surface area contributed by atoms with Crippen LogP contribution in [0.3, 0.4) is 0 Å². The zero-order valence-electron chi connectivity index (χ0n) is 9.23. The summed E-state index contributed by atoms with van der Waals surface area (Å²) in [5.41, 5.74) is 13.8. The van der Waals surface area contributed by atoms with Crippen molar-refractivity contribution in [3.05, 3.63) is 46.9 Å². The van der Waals surface area contributed by atoms with Gasteiger partial charge in [-0.3, -0.25) is 0 Å². The molecule has 4 N–H and O–H groups in total. The Morgan fingerprint density at radius 2 is 1.71 bits per heavy atom. The van der Waals surface area contributed by atoms with E-state index in [1.54, 1.807) is 0 Å². The van der Waals surface area contributed by atoms with Crippen molar-refractivity contribution in [2.45, 2.75) is 12.8 Å². The highest BCUT2D eigenvalue weighted by Gasteiger charge is 2.08. The van der Waals surface area contributed by atoms with Crippen LogP contribution >= 0.6 is 11.6 Å². The van der Waals surface area contributed by atoms with Crippen LogP contribution in [0.1, 0.15) is 11.3 Å². The quantitative estimate of drug-likeness (QED) is 0.816. The summed E-state index contributed by atoms with van der Waals surface area (Å²) in [7, 11) is 0. The maximum atomic E-state index is 5.81. The van der Waals surface area contributed by atoms with Gasteiger partial charge in [0.2, 0.25) is 5.28 Å². The van der Waals surface area contributed by atoms with Crippen LogP contribution < -0.4 is 11.5 Å². The van der Waals surface area contributed by atoms with Crippen molar-refractivity contribution in [1.29, 1.82) is 0 Å². The fourth-order valence-electron chi connectivity index (χ4n) is 1.60. The molecule has 0 bridgehead atoms. The third-order valence-corrected chi connectivity index (χ3v) is 2.69. The van der Waals surface area contributed by atoms with Gasteiger partial charge in [-0.15, -0.1) is 0 Å². The molecule has 17 heavy (non-hydrogen) atoms. The first kappa shape index (κ1) is 11.7. The molecule has 0 radical (unpaired) electrons. The number of aromatic nitrogens is 2. The van der Waals surface area contributed by atoms with E-state index in [1.807, 2.05) is 18.2 Å². The first-order valence-electron chi connectivity index (χ1n) is 5.28. The molecule has 0 aliphatic rings. The van der Waals surface area contributed by atoms with Gasteiger partial charge in [-0.05, 0) is 30.0 Å². The van der Waals surface area contributed by atoms with E-state index in [9.17, 15) is 0 Å². The third-order valence-electron chi connectivity index (χ3n) is 2.52. The first-order valence-corrected chi connectivity index (χ1v) is 5.66. The summed E-state index contributed by atoms with van der Waals surface area (Å²) in [5.74, 6) is 0.244. The Morgan fingerprint density at radius 3 is 2.41 bits per heavy atom. The lowest BCUT2D eigenvalue weighted by molar-refractivity contribution is 0.907. The lowest BCUT2D eigenvalue weighted by Crippen LogP contribution is -2.06. The third kappa shape index (κ3) is 2.85. The Labute approximate surface area is 105 Å². The van der Waals surface area contributed by atoms with Crippen LogP contribution in [0, 0.1) is 0 Å². The lowest BCUT2D eigenvalue weighted by atomic mass is 10.1. The second-order valence-corrected chi connectivity index (χ2v) is 4.06. The number of rotatable bonds is 3. The molecule has 0 aliphatic carbocycles. The number of halogens is 1. The molecule has 0 amide bonds. The van der Waals surface area contributed by atoms with Gasteiger partial charge in [0.05, 0.1) is 11.4 Å². The average molecular weight is 249 g/mol. The Morgan fingerprint density at radius 1 is 1.00 bits per heavy atom. The average Bonchev–Trinajstić information content (AvgIpc) is 2.33. The zero-order valence-corrected chi connectivity index (χ0v) is 9.98. The van der Waals surface area contributed by atoms with E-state index in [2.05, 4.69) is 22.1 Å². The first-order chi connectivity index (χ1) is 8.16. The van der Waals surface area contributed by atoms with Gasteiger partial charge in [-0.25, -0.2) is 4.98 Å². The van der Waals surface area contributed by atoms with E-state index in [-0.39, 0.29) is 11.1 Å². The van der Waals surface area contributed by atoms with Crippen LogP contribution in [-0.2, 0) is 12.8 Å². The highest BCUT2D eigenvalue weighted by Crippen LogP contribution is 2.19. The maximum Gasteiger partial charge on any atom is 0.224 e. The molecular weight excluding hydrogens is 236 g/mol. The number of hydrogen-bond acceptors (Lipinski definition) is 4.